The van der Waals surface area contributed by atoms with E-state index in [0.717, 1.165) is 36.4 Å². The fraction of sp³-hybridized carbons (Fsp3) is 0. The highest BCUT2D eigenvalue weighted by molar-refractivity contribution is 5.62. The van der Waals surface area contributed by atoms with Crippen molar-refractivity contribution in [2.45, 2.75) is 0 Å². The Bertz CT molecular complexity index is 869. The molecule has 0 aromatic heterocycles. The molecule has 0 aliphatic carbocycles. The van der Waals surface area contributed by atoms with Crippen molar-refractivity contribution in [2.75, 3.05) is 0 Å². The summed E-state index contributed by atoms with van der Waals surface area (Å²) in [4.78, 5) is 48.3. The molecule has 0 amide bonds. The van der Waals surface area contributed by atoms with Crippen molar-refractivity contribution in [1.82, 2.24) is 0 Å². The van der Waals surface area contributed by atoms with Crippen LogP contribution >= 0.6 is 0 Å². The summed E-state index contributed by atoms with van der Waals surface area (Å²) in [5, 5.41) is 47.9. The molecule has 0 N–H and O–H groups in total. The number of hydrogen-bond donors (Lipinski definition) is 0. The van der Waals surface area contributed by atoms with E-state index in [2.05, 4.69) is 14.8 Å². The van der Waals surface area contributed by atoms with Crippen LogP contribution in [0.5, 0.6) is 11.5 Å². The molecule has 0 unspecified atom stereocenters. The average Bonchev–Trinajstić information content (AvgIpc) is 2.60. The van der Waals surface area contributed by atoms with E-state index in [-0.39, 0.29) is 0 Å². The first-order chi connectivity index (χ1) is 12.7. The quantitative estimate of drug-likeness (QED) is 0.369. The molecule has 2 aromatic carbocycles. The van der Waals surface area contributed by atoms with E-state index in [4.69, 9.17) is 0 Å². The zero-order chi connectivity index (χ0) is 20.1. The molecule has 0 heterocycles. The first-order valence-corrected chi connectivity index (χ1v) is 6.58. The van der Waals surface area contributed by atoms with Crippen LogP contribution in [0.15, 0.2) is 36.4 Å². The van der Waals surface area contributed by atoms with Crippen LogP contribution in [-0.2, 0) is 5.04 Å². The van der Waals surface area contributed by atoms with Crippen LogP contribution in [0.1, 0.15) is 0 Å². The molecule has 0 spiro atoms. The fourth-order valence-electron chi connectivity index (χ4n) is 1.91. The fourth-order valence-corrected chi connectivity index (χ4v) is 1.91. The van der Waals surface area contributed by atoms with E-state index in [1.165, 1.54) is 0 Å². The van der Waals surface area contributed by atoms with Crippen LogP contribution in [0.4, 0.5) is 22.7 Å². The molecule has 0 radical (unpaired) electrons. The summed E-state index contributed by atoms with van der Waals surface area (Å²) >= 11 is 0. The monoisotopic (exact) mass is 382 g/mol. The molecule has 140 valence electrons. The lowest BCUT2D eigenvalue weighted by molar-refractivity contribution is -0.444. The summed E-state index contributed by atoms with van der Waals surface area (Å²) in [5.74, 6) is -1.47. The van der Waals surface area contributed by atoms with Crippen molar-refractivity contribution in [2.24, 2.45) is 0 Å². The number of rotatable bonds is 8. The highest BCUT2D eigenvalue weighted by Gasteiger charge is 2.32. The predicted molar refractivity (Wildman–Crippen MR) is 81.8 cm³/mol. The number of para-hydroxylation sites is 2. The van der Waals surface area contributed by atoms with Crippen LogP contribution in [-0.4, -0.2) is 19.7 Å². The first kappa shape index (κ1) is 18.9. The Balaban J connectivity index is 2.28. The Kier molecular flexibility index (Phi) is 5.37. The minimum absolute atomic E-state index is 0.734. The molecule has 27 heavy (non-hydrogen) atoms. The lowest BCUT2D eigenvalue weighted by atomic mass is 10.2. The maximum atomic E-state index is 11.0. The van der Waals surface area contributed by atoms with Gasteiger partial charge >= 0.3 is 22.7 Å². The van der Waals surface area contributed by atoms with E-state index in [9.17, 15) is 40.5 Å². The number of nitro groups is 4. The van der Waals surface area contributed by atoms with Crippen molar-refractivity contribution in [3.63, 3.8) is 0 Å². The van der Waals surface area contributed by atoms with Gasteiger partial charge in [-0.1, -0.05) is 12.1 Å². The van der Waals surface area contributed by atoms with E-state index in [1.54, 1.807) is 0 Å². The minimum Gasteiger partial charge on any atom is -0.291 e. The third kappa shape index (κ3) is 3.99. The molecule has 15 nitrogen and oxygen atoms in total. The van der Waals surface area contributed by atoms with E-state index in [0.29, 0.717) is 0 Å². The largest absolute Gasteiger partial charge is 0.391 e. The number of nitro benzene ring substituents is 4. The third-order valence-corrected chi connectivity index (χ3v) is 2.96. The van der Waals surface area contributed by atoms with Crippen molar-refractivity contribution in [3.8, 4) is 11.5 Å². The predicted octanol–water partition coefficient (Wildman–Crippen LogP) is 2.62. The van der Waals surface area contributed by atoms with Crippen LogP contribution in [0.3, 0.4) is 0 Å². The highest BCUT2D eigenvalue weighted by atomic mass is 17.5. The van der Waals surface area contributed by atoms with Gasteiger partial charge in [-0.15, -0.1) is 0 Å². The molecule has 0 fully saturated rings. The van der Waals surface area contributed by atoms with Crippen molar-refractivity contribution < 1.29 is 34.5 Å². The lowest BCUT2D eigenvalue weighted by Crippen LogP contribution is -2.07. The SMILES string of the molecule is O=[N+]([O-])c1cccc(OOOc2cccc([N+](=O)[O-])c2[N+](=O)[O-])c1[N+](=O)[O-]. The Morgan fingerprint density at radius 1 is 0.593 bits per heavy atom. The average molecular weight is 382 g/mol. The van der Waals surface area contributed by atoms with Gasteiger partial charge in [-0.05, 0) is 12.1 Å². The molecular weight excluding hydrogens is 376 g/mol. The molecule has 2 aromatic rings. The summed E-state index contributed by atoms with van der Waals surface area (Å²) in [5.41, 5.74) is -3.91. The first-order valence-electron chi connectivity index (χ1n) is 6.58. The molecular formula is C12H6N4O11. The number of benzene rings is 2. The molecule has 0 saturated carbocycles. The summed E-state index contributed by atoms with van der Waals surface area (Å²) in [6.45, 7) is 0. The summed E-state index contributed by atoms with van der Waals surface area (Å²) in [6, 6.07) is 5.68. The standard InChI is InChI=1S/C12H6N4O11/c17-13(18)7-3-1-5-9(11(7)15(21)22)25-27-26-10-6-2-4-8(14(19)20)12(10)16(23)24/h1-6H. The van der Waals surface area contributed by atoms with Gasteiger partial charge in [0.15, 0.2) is 0 Å². The Hall–Kier alpha value is -4.40. The smallest absolute Gasteiger partial charge is 0.291 e. The molecule has 0 atom stereocenters. The molecule has 0 aliphatic rings. The van der Waals surface area contributed by atoms with Gasteiger partial charge in [0.25, 0.3) is 11.5 Å². The van der Waals surface area contributed by atoms with Gasteiger partial charge in [0.2, 0.25) is 0 Å². The summed E-state index contributed by atoms with van der Waals surface area (Å²) < 4.78 is 0. The number of nitrogens with zero attached hydrogens (tertiary/aromatic N) is 4. The molecule has 0 bridgehead atoms. The topological polar surface area (TPSA) is 200 Å². The second-order valence-corrected chi connectivity index (χ2v) is 4.51. The zero-order valence-electron chi connectivity index (χ0n) is 12.7. The Labute approximate surface area is 146 Å². The molecule has 15 heteroatoms. The molecule has 0 saturated heterocycles. The summed E-state index contributed by atoms with van der Waals surface area (Å²) in [7, 11) is 0. The van der Waals surface area contributed by atoms with Gasteiger partial charge in [-0.3, -0.25) is 50.2 Å². The van der Waals surface area contributed by atoms with Crippen molar-refractivity contribution in [3.05, 3.63) is 76.9 Å². The van der Waals surface area contributed by atoms with Gasteiger partial charge in [0.05, 0.1) is 19.7 Å². The lowest BCUT2D eigenvalue weighted by Gasteiger charge is -2.05. The molecule has 2 rings (SSSR count). The van der Waals surface area contributed by atoms with Gasteiger partial charge in [0, 0.05) is 17.2 Å². The second-order valence-electron chi connectivity index (χ2n) is 4.51. The van der Waals surface area contributed by atoms with Crippen LogP contribution in [0.25, 0.3) is 0 Å². The molecule has 0 aliphatic heterocycles. The maximum absolute atomic E-state index is 11.0. The minimum atomic E-state index is -1.10. The van der Waals surface area contributed by atoms with Gasteiger partial charge in [0.1, 0.15) is 0 Å². The summed E-state index contributed by atoms with van der Waals surface area (Å²) in [6.07, 6.45) is 0. The van der Waals surface area contributed by atoms with Crippen LogP contribution in [0, 0.1) is 40.5 Å². The van der Waals surface area contributed by atoms with Crippen molar-refractivity contribution in [1.29, 1.82) is 0 Å². The van der Waals surface area contributed by atoms with E-state index < -0.39 is 53.9 Å². The third-order valence-electron chi connectivity index (χ3n) is 2.96. The van der Waals surface area contributed by atoms with Gasteiger partial charge in [-0.2, -0.15) is 0 Å². The van der Waals surface area contributed by atoms with E-state index >= 15 is 0 Å². The zero-order valence-corrected chi connectivity index (χ0v) is 12.7. The number of hydrogen-bond acceptors (Lipinski definition) is 11. The van der Waals surface area contributed by atoms with Crippen LogP contribution < -0.4 is 9.78 Å². The Morgan fingerprint density at radius 2 is 0.963 bits per heavy atom. The van der Waals surface area contributed by atoms with E-state index in [1.807, 2.05) is 0 Å². The van der Waals surface area contributed by atoms with Crippen LogP contribution in [0.2, 0.25) is 0 Å². The van der Waals surface area contributed by atoms with Gasteiger partial charge in [-0.25, -0.2) is 0 Å². The highest BCUT2D eigenvalue weighted by Crippen LogP contribution is 2.38. The van der Waals surface area contributed by atoms with Crippen molar-refractivity contribution >= 4 is 22.7 Å². The van der Waals surface area contributed by atoms with Gasteiger partial charge < -0.3 is 0 Å². The maximum Gasteiger partial charge on any atom is 0.391 e. The second kappa shape index (κ2) is 7.66. The Morgan fingerprint density at radius 3 is 1.26 bits per heavy atom. The normalized spacial score (nSPS) is 10.1.